The molecule has 19 heteroatoms. The summed E-state index contributed by atoms with van der Waals surface area (Å²) in [7, 11) is 4.87. The smallest absolute Gasteiger partial charge is 0.493 e. The van der Waals surface area contributed by atoms with Crippen LogP contribution in [0, 0.1) is 25.2 Å². The second-order valence-corrected chi connectivity index (χ2v) is 18.1. The lowest BCUT2D eigenvalue weighted by atomic mass is 9.71. The molecule has 0 saturated carbocycles. The number of piperazine rings is 1. The molecule has 18 nitrogen and oxygen atoms in total. The summed E-state index contributed by atoms with van der Waals surface area (Å²) in [5, 5.41) is 14.2. The predicted octanol–water partition coefficient (Wildman–Crippen LogP) is 5.98. The molecule has 0 aromatic heterocycles. The molecule has 0 aliphatic carbocycles. The number of nitrogens with one attached hydrogen (secondary N) is 1. The molecule has 0 amide bonds. The van der Waals surface area contributed by atoms with Crippen molar-refractivity contribution in [3.8, 4) is 46.3 Å². The van der Waals surface area contributed by atoms with Gasteiger partial charge in [0, 0.05) is 53.6 Å². The quantitative estimate of drug-likeness (QED) is 0.0862. The molecule has 3 aromatic carbocycles. The topological polar surface area (TPSA) is 203 Å². The Bertz CT molecular complexity index is 2650. The van der Waals surface area contributed by atoms with E-state index in [1.54, 1.807) is 19.1 Å². The zero-order valence-electron chi connectivity index (χ0n) is 37.9. The number of ether oxygens (including phenoxy) is 10. The fourth-order valence-electron chi connectivity index (χ4n) is 10.8. The first kappa shape index (κ1) is 45.7. The maximum Gasteiger partial charge on any atom is 0.514 e. The summed E-state index contributed by atoms with van der Waals surface area (Å²) >= 11 is 1.41. The lowest BCUT2D eigenvalue weighted by Gasteiger charge is -2.62. The van der Waals surface area contributed by atoms with Gasteiger partial charge in [0.05, 0.1) is 37.6 Å². The minimum Gasteiger partial charge on any atom is -0.493 e. The monoisotopic (exact) mass is 938 g/mol. The third kappa shape index (κ3) is 7.37. The van der Waals surface area contributed by atoms with Gasteiger partial charge >= 0.3 is 24.2 Å². The third-order valence-corrected chi connectivity index (χ3v) is 14.9. The van der Waals surface area contributed by atoms with E-state index in [0.29, 0.717) is 75.6 Å². The number of hydrogen-bond donors (Lipinski definition) is 1. The molecular weight excluding hydrogens is 889 g/mol. The van der Waals surface area contributed by atoms with Crippen LogP contribution in [0.3, 0.4) is 0 Å². The Morgan fingerprint density at radius 2 is 1.66 bits per heavy atom. The van der Waals surface area contributed by atoms with Crippen molar-refractivity contribution in [3.05, 3.63) is 88.0 Å². The fourth-order valence-corrected chi connectivity index (χ4v) is 12.5. The zero-order chi connectivity index (χ0) is 47.5. The fraction of sp³-hybridized carbons (Fsp3) is 0.438. The van der Waals surface area contributed by atoms with Crippen molar-refractivity contribution in [2.45, 2.75) is 74.6 Å². The van der Waals surface area contributed by atoms with Crippen LogP contribution in [-0.4, -0.2) is 112 Å². The number of thioether (sulfide) groups is 1. The number of methoxy groups -OCH3 is 2. The molecule has 0 radical (unpaired) electrons. The molecule has 1 spiro atoms. The van der Waals surface area contributed by atoms with Gasteiger partial charge in [-0.1, -0.05) is 31.4 Å². The van der Waals surface area contributed by atoms with Crippen LogP contribution in [0.2, 0.25) is 0 Å². The van der Waals surface area contributed by atoms with Gasteiger partial charge in [0.15, 0.2) is 40.0 Å². The number of hydrogen-bond acceptors (Lipinski definition) is 19. The molecule has 3 aromatic rings. The average Bonchev–Trinajstić information content (AvgIpc) is 3.80. The summed E-state index contributed by atoms with van der Waals surface area (Å²) in [5.74, 6) is 0.692. The molecule has 2 fully saturated rings. The van der Waals surface area contributed by atoms with E-state index in [0.717, 1.165) is 5.56 Å². The Hall–Kier alpha value is -6.46. The molecule has 7 heterocycles. The number of benzene rings is 3. The van der Waals surface area contributed by atoms with E-state index in [2.05, 4.69) is 34.3 Å². The number of fused-ring (bicyclic) bond motifs is 9. The van der Waals surface area contributed by atoms with Crippen molar-refractivity contribution in [1.82, 2.24) is 15.1 Å². The van der Waals surface area contributed by atoms with Crippen LogP contribution >= 0.6 is 11.8 Å². The molecule has 4 bridgehead atoms. The lowest BCUT2D eigenvalue weighted by Crippen LogP contribution is -2.69. The average molecular weight is 939 g/mol. The summed E-state index contributed by atoms with van der Waals surface area (Å²) < 4.78 is 58.9. The van der Waals surface area contributed by atoms with E-state index in [1.165, 1.54) is 45.1 Å². The largest absolute Gasteiger partial charge is 0.514 e. The standard InChI is InChI=1S/C48H50N4O14S/c1-9-13-59-46(55)65-33-17-26-11-12-50-48(28(26)18-32(33)57-7)21-67-44-36-35(42-41(62-22-63-42)24(4)40(36)64-25(5)53)31(20-61-45(48)54)52-30(19-49)29-16-27-15-23(3)39(58-8)43(66-47(56)60-14-10-2)34(27)37(38(44)52)51(29)6/h9-10,15,17-18,29-31,37-38,44,50H,1-2,11-14,16,20-22H2,3-8H3/t29-,30-,31-,37+,38?,44+,48+/m0/s1. The normalized spacial score (nSPS) is 25.4. The van der Waals surface area contributed by atoms with Crippen molar-refractivity contribution >= 4 is 36.0 Å². The summed E-state index contributed by atoms with van der Waals surface area (Å²) in [4.78, 5) is 58.6. The van der Waals surface area contributed by atoms with Gasteiger partial charge in [0.1, 0.15) is 31.6 Å². The first-order chi connectivity index (χ1) is 32.3. The molecule has 7 aliphatic heterocycles. The van der Waals surface area contributed by atoms with Crippen LogP contribution in [0.15, 0.2) is 43.5 Å². The van der Waals surface area contributed by atoms with Gasteiger partial charge in [-0.2, -0.15) is 5.26 Å². The van der Waals surface area contributed by atoms with Gasteiger partial charge < -0.3 is 47.4 Å². The molecule has 10 rings (SSSR count). The second kappa shape index (κ2) is 18.0. The highest BCUT2D eigenvalue weighted by Gasteiger charge is 2.62. The lowest BCUT2D eigenvalue weighted by molar-refractivity contribution is -0.157. The summed E-state index contributed by atoms with van der Waals surface area (Å²) in [6.07, 6.45) is 1.78. The van der Waals surface area contributed by atoms with E-state index >= 15 is 4.79 Å². The number of esters is 2. The van der Waals surface area contributed by atoms with Crippen LogP contribution in [0.4, 0.5) is 9.59 Å². The molecule has 7 aliphatic rings. The van der Waals surface area contributed by atoms with E-state index in [4.69, 9.17) is 47.4 Å². The molecule has 1 N–H and O–H groups in total. The summed E-state index contributed by atoms with van der Waals surface area (Å²) in [6.45, 7) is 12.0. The number of likely N-dealkylation sites (N-methyl/N-ethyl adjacent to an activating group) is 1. The van der Waals surface area contributed by atoms with Crippen LogP contribution in [0.25, 0.3) is 0 Å². The molecule has 7 atom stereocenters. The van der Waals surface area contributed by atoms with E-state index in [-0.39, 0.29) is 55.4 Å². The molecular formula is C48H50N4O14S. The number of rotatable bonds is 9. The van der Waals surface area contributed by atoms with Crippen molar-refractivity contribution < 1.29 is 66.5 Å². The maximum atomic E-state index is 15.1. The van der Waals surface area contributed by atoms with Crippen molar-refractivity contribution in [1.29, 1.82) is 5.26 Å². The van der Waals surface area contributed by atoms with Gasteiger partial charge in [0.25, 0.3) is 0 Å². The molecule has 352 valence electrons. The predicted molar refractivity (Wildman–Crippen MR) is 239 cm³/mol. The summed E-state index contributed by atoms with van der Waals surface area (Å²) in [6, 6.07) is 4.61. The first-order valence-electron chi connectivity index (χ1n) is 21.7. The first-order valence-corrected chi connectivity index (χ1v) is 22.8. The van der Waals surface area contributed by atoms with Gasteiger partial charge in [0.2, 0.25) is 6.79 Å². The maximum absolute atomic E-state index is 15.1. The molecule has 1 unspecified atom stereocenters. The van der Waals surface area contributed by atoms with Gasteiger partial charge in [-0.25, -0.2) is 14.4 Å². The van der Waals surface area contributed by atoms with Gasteiger partial charge in [-0.05, 0) is 68.1 Å². The van der Waals surface area contributed by atoms with Crippen LogP contribution in [0.1, 0.15) is 68.8 Å². The highest BCUT2D eigenvalue weighted by molar-refractivity contribution is 7.99. The van der Waals surface area contributed by atoms with Gasteiger partial charge in [-0.15, -0.1) is 11.8 Å². The van der Waals surface area contributed by atoms with Crippen LogP contribution in [0.5, 0.6) is 40.2 Å². The SMILES string of the molecule is C=CCOC(=O)Oc1cc2c(cc1OC)[C@@]1(CS[C@@H]3c4c(OC(C)=O)c(C)c5c(c4[C@H](COC1=O)N1C3[C@H]3c4c(cc(C)c(OC)c4OC(=O)OCC=C)C[C@@H]([C@@H]1C#N)N3C)OCO5)NCC2. The van der Waals surface area contributed by atoms with Crippen molar-refractivity contribution in [3.63, 3.8) is 0 Å². The third-order valence-electron chi connectivity index (χ3n) is 13.4. The van der Waals surface area contributed by atoms with E-state index in [9.17, 15) is 19.6 Å². The van der Waals surface area contributed by atoms with Crippen molar-refractivity contribution in [2.75, 3.05) is 60.2 Å². The Labute approximate surface area is 390 Å². The van der Waals surface area contributed by atoms with E-state index < -0.39 is 65.2 Å². The Morgan fingerprint density at radius 3 is 2.34 bits per heavy atom. The van der Waals surface area contributed by atoms with Crippen LogP contribution in [-0.2, 0) is 42.2 Å². The molecule has 67 heavy (non-hydrogen) atoms. The van der Waals surface area contributed by atoms with Gasteiger partial charge in [-0.3, -0.25) is 19.9 Å². The number of nitrogens with zero attached hydrogens (tertiary/aromatic N) is 3. The summed E-state index contributed by atoms with van der Waals surface area (Å²) in [5.41, 5.74) is 3.66. The number of carbonyl (C=O) groups excluding carboxylic acids is 4. The Kier molecular flexibility index (Phi) is 12.3. The van der Waals surface area contributed by atoms with Crippen LogP contribution < -0.4 is 38.5 Å². The van der Waals surface area contributed by atoms with Crippen molar-refractivity contribution in [2.24, 2.45) is 0 Å². The second-order valence-electron chi connectivity index (χ2n) is 17.0. The minimum absolute atomic E-state index is 0.0358. The highest BCUT2D eigenvalue weighted by atomic mass is 32.2. The Balaban J connectivity index is 1.28. The zero-order valence-corrected chi connectivity index (χ0v) is 38.7. The van der Waals surface area contributed by atoms with E-state index in [1.807, 2.05) is 20.0 Å². The Morgan fingerprint density at radius 1 is 0.925 bits per heavy atom. The number of carbonyl (C=O) groups is 4. The molecule has 2 saturated heterocycles. The number of aryl methyl sites for hydroxylation is 1. The number of nitriles is 1. The highest BCUT2D eigenvalue weighted by Crippen LogP contribution is 2.65. The minimum atomic E-state index is -1.51.